The highest BCUT2D eigenvalue weighted by molar-refractivity contribution is 5.47. The number of piperidine rings is 1. The highest BCUT2D eigenvalue weighted by atomic mass is 15.1. The molecule has 1 heterocycles. The van der Waals surface area contributed by atoms with E-state index in [1.807, 2.05) is 0 Å². The van der Waals surface area contributed by atoms with Gasteiger partial charge in [-0.05, 0) is 57.5 Å². The van der Waals surface area contributed by atoms with Crippen molar-refractivity contribution in [3.63, 3.8) is 0 Å². The minimum absolute atomic E-state index is 1.09. The lowest BCUT2D eigenvalue weighted by Crippen LogP contribution is -2.29. The Morgan fingerprint density at radius 3 is 2.11 bits per heavy atom. The molecule has 2 heteroatoms. The maximum Gasteiger partial charge on any atom is 0.0366 e. The molecule has 2 rings (SSSR count). The Kier molecular flexibility index (Phi) is 5.06. The van der Waals surface area contributed by atoms with E-state index in [1.54, 1.807) is 0 Å². The fourth-order valence-corrected chi connectivity index (χ4v) is 2.78. The summed E-state index contributed by atoms with van der Waals surface area (Å²) in [5.41, 5.74) is 2.80. The molecule has 1 aromatic carbocycles. The summed E-state index contributed by atoms with van der Waals surface area (Å²) in [5.74, 6) is 0. The van der Waals surface area contributed by atoms with Gasteiger partial charge in [-0.1, -0.05) is 18.6 Å². The predicted molar refractivity (Wildman–Crippen MR) is 79.1 cm³/mol. The van der Waals surface area contributed by atoms with E-state index < -0.39 is 0 Å². The fraction of sp³-hybridized carbons (Fsp3) is 0.625. The van der Waals surface area contributed by atoms with Gasteiger partial charge in [-0.25, -0.2) is 0 Å². The van der Waals surface area contributed by atoms with E-state index in [2.05, 4.69) is 47.9 Å². The van der Waals surface area contributed by atoms with E-state index in [-0.39, 0.29) is 0 Å². The first kappa shape index (κ1) is 13.4. The van der Waals surface area contributed by atoms with E-state index in [0.29, 0.717) is 0 Å². The van der Waals surface area contributed by atoms with Crippen molar-refractivity contribution in [1.29, 1.82) is 0 Å². The molecule has 0 amide bonds. The average Bonchev–Trinajstić information content (AvgIpc) is 2.43. The van der Waals surface area contributed by atoms with Crippen LogP contribution in [-0.2, 0) is 6.54 Å². The SMILES string of the molecule is CCN(CC)c1ccc(CN2CCCCC2)cc1. The number of hydrogen-bond donors (Lipinski definition) is 0. The summed E-state index contributed by atoms with van der Waals surface area (Å²) in [6.45, 7) is 10.3. The second-order valence-electron chi connectivity index (χ2n) is 5.18. The topological polar surface area (TPSA) is 6.48 Å². The zero-order valence-electron chi connectivity index (χ0n) is 11.9. The third kappa shape index (κ3) is 3.49. The lowest BCUT2D eigenvalue weighted by molar-refractivity contribution is 0.221. The molecule has 1 aliphatic rings. The fourth-order valence-electron chi connectivity index (χ4n) is 2.78. The van der Waals surface area contributed by atoms with Crippen molar-refractivity contribution in [2.24, 2.45) is 0 Å². The first-order valence-corrected chi connectivity index (χ1v) is 7.39. The normalized spacial score (nSPS) is 16.8. The van der Waals surface area contributed by atoms with Crippen LogP contribution in [0.2, 0.25) is 0 Å². The molecule has 1 saturated heterocycles. The number of nitrogens with zero attached hydrogens (tertiary/aromatic N) is 2. The van der Waals surface area contributed by atoms with Crippen LogP contribution in [0.25, 0.3) is 0 Å². The second-order valence-corrected chi connectivity index (χ2v) is 5.18. The first-order valence-electron chi connectivity index (χ1n) is 7.39. The molecule has 1 fully saturated rings. The van der Waals surface area contributed by atoms with E-state index in [4.69, 9.17) is 0 Å². The van der Waals surface area contributed by atoms with Crippen LogP contribution in [0.3, 0.4) is 0 Å². The van der Waals surface area contributed by atoms with Gasteiger partial charge in [0, 0.05) is 25.3 Å². The van der Waals surface area contributed by atoms with Crippen molar-refractivity contribution in [3.05, 3.63) is 29.8 Å². The van der Waals surface area contributed by atoms with Gasteiger partial charge in [-0.3, -0.25) is 4.90 Å². The Balaban J connectivity index is 1.94. The molecule has 0 saturated carbocycles. The Morgan fingerprint density at radius 1 is 0.944 bits per heavy atom. The summed E-state index contributed by atoms with van der Waals surface area (Å²) >= 11 is 0. The Bertz CT molecular complexity index is 335. The van der Waals surface area contributed by atoms with E-state index in [0.717, 1.165) is 19.6 Å². The molecule has 0 spiro atoms. The van der Waals surface area contributed by atoms with Crippen LogP contribution in [0.15, 0.2) is 24.3 Å². The molecule has 2 nitrogen and oxygen atoms in total. The van der Waals surface area contributed by atoms with Crippen LogP contribution in [-0.4, -0.2) is 31.1 Å². The van der Waals surface area contributed by atoms with Crippen LogP contribution in [0, 0.1) is 0 Å². The maximum atomic E-state index is 2.58. The Labute approximate surface area is 112 Å². The minimum Gasteiger partial charge on any atom is -0.372 e. The summed E-state index contributed by atoms with van der Waals surface area (Å²) in [6.07, 6.45) is 4.16. The number of hydrogen-bond acceptors (Lipinski definition) is 2. The van der Waals surface area contributed by atoms with Gasteiger partial charge in [0.15, 0.2) is 0 Å². The molecule has 0 bridgehead atoms. The quantitative estimate of drug-likeness (QED) is 0.784. The van der Waals surface area contributed by atoms with Gasteiger partial charge < -0.3 is 4.90 Å². The van der Waals surface area contributed by atoms with Gasteiger partial charge >= 0.3 is 0 Å². The summed E-state index contributed by atoms with van der Waals surface area (Å²) in [7, 11) is 0. The molecular formula is C16H26N2. The van der Waals surface area contributed by atoms with Gasteiger partial charge in [0.2, 0.25) is 0 Å². The Morgan fingerprint density at radius 2 is 1.56 bits per heavy atom. The predicted octanol–water partition coefficient (Wildman–Crippen LogP) is 3.52. The highest BCUT2D eigenvalue weighted by Crippen LogP contribution is 2.17. The van der Waals surface area contributed by atoms with Gasteiger partial charge in [0.1, 0.15) is 0 Å². The maximum absolute atomic E-state index is 2.58. The third-order valence-corrected chi connectivity index (χ3v) is 3.92. The lowest BCUT2D eigenvalue weighted by atomic mass is 10.1. The van der Waals surface area contributed by atoms with Gasteiger partial charge in [-0.15, -0.1) is 0 Å². The van der Waals surface area contributed by atoms with Crippen LogP contribution < -0.4 is 4.90 Å². The molecule has 0 unspecified atom stereocenters. The number of rotatable bonds is 5. The molecule has 0 aliphatic carbocycles. The van der Waals surface area contributed by atoms with Crippen LogP contribution >= 0.6 is 0 Å². The number of likely N-dealkylation sites (tertiary alicyclic amines) is 1. The van der Waals surface area contributed by atoms with Crippen LogP contribution in [0.1, 0.15) is 38.7 Å². The zero-order chi connectivity index (χ0) is 12.8. The Hall–Kier alpha value is -1.02. The van der Waals surface area contributed by atoms with Crippen LogP contribution in [0.4, 0.5) is 5.69 Å². The first-order chi connectivity index (χ1) is 8.83. The van der Waals surface area contributed by atoms with Gasteiger partial charge in [0.05, 0.1) is 0 Å². The summed E-state index contributed by atoms with van der Waals surface area (Å²) in [5, 5.41) is 0. The monoisotopic (exact) mass is 246 g/mol. The lowest BCUT2D eigenvalue weighted by Gasteiger charge is -2.27. The smallest absolute Gasteiger partial charge is 0.0366 e. The van der Waals surface area contributed by atoms with Crippen LogP contribution in [0.5, 0.6) is 0 Å². The molecule has 0 atom stereocenters. The molecule has 1 aliphatic heterocycles. The molecule has 1 aromatic rings. The van der Waals surface area contributed by atoms with Gasteiger partial charge in [0.25, 0.3) is 0 Å². The standard InChI is InChI=1S/C16H26N2/c1-3-18(4-2)16-10-8-15(9-11-16)14-17-12-6-5-7-13-17/h8-11H,3-7,12-14H2,1-2H3. The summed E-state index contributed by atoms with van der Waals surface area (Å²) in [6, 6.07) is 9.13. The molecule has 100 valence electrons. The highest BCUT2D eigenvalue weighted by Gasteiger charge is 2.10. The molecule has 18 heavy (non-hydrogen) atoms. The molecule has 0 N–H and O–H groups in total. The largest absolute Gasteiger partial charge is 0.372 e. The number of benzene rings is 1. The van der Waals surface area contributed by atoms with E-state index >= 15 is 0 Å². The zero-order valence-corrected chi connectivity index (χ0v) is 11.9. The van der Waals surface area contributed by atoms with Gasteiger partial charge in [-0.2, -0.15) is 0 Å². The van der Waals surface area contributed by atoms with Crippen molar-refractivity contribution in [2.75, 3.05) is 31.1 Å². The molecule has 0 aromatic heterocycles. The molecular weight excluding hydrogens is 220 g/mol. The van der Waals surface area contributed by atoms with Crippen molar-refractivity contribution in [1.82, 2.24) is 4.90 Å². The third-order valence-electron chi connectivity index (χ3n) is 3.92. The van der Waals surface area contributed by atoms with Crippen molar-refractivity contribution in [2.45, 2.75) is 39.7 Å². The van der Waals surface area contributed by atoms with E-state index in [9.17, 15) is 0 Å². The molecule has 0 radical (unpaired) electrons. The van der Waals surface area contributed by atoms with Crippen molar-refractivity contribution >= 4 is 5.69 Å². The van der Waals surface area contributed by atoms with Crippen molar-refractivity contribution in [3.8, 4) is 0 Å². The number of anilines is 1. The van der Waals surface area contributed by atoms with E-state index in [1.165, 1.54) is 43.6 Å². The average molecular weight is 246 g/mol. The summed E-state index contributed by atoms with van der Waals surface area (Å²) in [4.78, 5) is 4.97. The second kappa shape index (κ2) is 6.79. The summed E-state index contributed by atoms with van der Waals surface area (Å²) < 4.78 is 0. The minimum atomic E-state index is 1.09. The van der Waals surface area contributed by atoms with Crippen molar-refractivity contribution < 1.29 is 0 Å².